The third-order valence-corrected chi connectivity index (χ3v) is 4.08. The van der Waals surface area contributed by atoms with Gasteiger partial charge < -0.3 is 24.8 Å². The van der Waals surface area contributed by atoms with Crippen LogP contribution in [0.3, 0.4) is 0 Å². The number of anilines is 3. The maximum atomic E-state index is 5.40. The smallest absolute Gasteiger partial charge is 0.225 e. The molecular formula is C21H24N4O3. The van der Waals surface area contributed by atoms with Crippen LogP contribution in [-0.4, -0.2) is 31.3 Å². The lowest BCUT2D eigenvalue weighted by atomic mass is 10.2. The second-order valence-electron chi connectivity index (χ2n) is 6.10. The molecule has 0 radical (unpaired) electrons. The first kappa shape index (κ1) is 19.3. The molecule has 0 spiro atoms. The van der Waals surface area contributed by atoms with Gasteiger partial charge in [0.25, 0.3) is 0 Å². The second-order valence-corrected chi connectivity index (χ2v) is 6.10. The SMILES string of the molecule is COc1cc(Nc2cc(C)nc(NCc3ccccc3)n2)cc(OC)c1OC. The Hall–Kier alpha value is -3.48. The van der Waals surface area contributed by atoms with Crippen LogP contribution in [0.5, 0.6) is 17.2 Å². The first-order chi connectivity index (χ1) is 13.6. The summed E-state index contributed by atoms with van der Waals surface area (Å²) in [6.07, 6.45) is 0. The quantitative estimate of drug-likeness (QED) is 0.607. The third kappa shape index (κ3) is 4.62. The molecule has 0 atom stereocenters. The maximum Gasteiger partial charge on any atom is 0.225 e. The Kier molecular flexibility index (Phi) is 6.16. The molecule has 0 saturated carbocycles. The Morgan fingerprint density at radius 1 is 0.857 bits per heavy atom. The topological polar surface area (TPSA) is 77.5 Å². The second kappa shape index (κ2) is 8.94. The van der Waals surface area contributed by atoms with Crippen molar-refractivity contribution in [1.29, 1.82) is 0 Å². The Bertz CT molecular complexity index is 907. The van der Waals surface area contributed by atoms with E-state index >= 15 is 0 Å². The van der Waals surface area contributed by atoms with Gasteiger partial charge in [-0.1, -0.05) is 30.3 Å². The zero-order valence-electron chi connectivity index (χ0n) is 16.4. The summed E-state index contributed by atoms with van der Waals surface area (Å²) in [6.45, 7) is 2.57. The van der Waals surface area contributed by atoms with Gasteiger partial charge in [0.05, 0.1) is 21.3 Å². The fraction of sp³-hybridized carbons (Fsp3) is 0.238. The average Bonchev–Trinajstić information content (AvgIpc) is 2.71. The number of aryl methyl sites for hydroxylation is 1. The highest BCUT2D eigenvalue weighted by molar-refractivity contribution is 5.67. The van der Waals surface area contributed by atoms with Crippen LogP contribution in [0.1, 0.15) is 11.3 Å². The summed E-state index contributed by atoms with van der Waals surface area (Å²) in [4.78, 5) is 9.01. The number of methoxy groups -OCH3 is 3. The Morgan fingerprint density at radius 2 is 1.54 bits per heavy atom. The summed E-state index contributed by atoms with van der Waals surface area (Å²) < 4.78 is 16.2. The van der Waals surface area contributed by atoms with E-state index in [4.69, 9.17) is 14.2 Å². The average molecular weight is 380 g/mol. The van der Waals surface area contributed by atoms with Crippen LogP contribution in [0.25, 0.3) is 0 Å². The van der Waals surface area contributed by atoms with Gasteiger partial charge in [-0.25, -0.2) is 4.98 Å². The lowest BCUT2D eigenvalue weighted by Crippen LogP contribution is -2.06. The molecule has 1 aromatic heterocycles. The zero-order chi connectivity index (χ0) is 19.9. The summed E-state index contributed by atoms with van der Waals surface area (Å²) in [5.41, 5.74) is 2.77. The number of nitrogens with one attached hydrogen (secondary N) is 2. The maximum absolute atomic E-state index is 5.40. The molecule has 0 amide bonds. The van der Waals surface area contributed by atoms with Gasteiger partial charge in [0.15, 0.2) is 11.5 Å². The van der Waals surface area contributed by atoms with E-state index in [1.165, 1.54) is 0 Å². The van der Waals surface area contributed by atoms with Gasteiger partial charge in [0.1, 0.15) is 5.82 Å². The van der Waals surface area contributed by atoms with Crippen LogP contribution in [0.4, 0.5) is 17.5 Å². The van der Waals surface area contributed by atoms with Crippen LogP contribution in [0.2, 0.25) is 0 Å². The highest BCUT2D eigenvalue weighted by Gasteiger charge is 2.14. The summed E-state index contributed by atoms with van der Waals surface area (Å²) in [7, 11) is 4.75. The predicted molar refractivity (Wildman–Crippen MR) is 110 cm³/mol. The molecule has 0 aliphatic carbocycles. The zero-order valence-corrected chi connectivity index (χ0v) is 16.4. The Morgan fingerprint density at radius 3 is 2.14 bits per heavy atom. The molecule has 0 saturated heterocycles. The minimum Gasteiger partial charge on any atom is -0.493 e. The van der Waals surface area contributed by atoms with Crippen molar-refractivity contribution < 1.29 is 14.2 Å². The molecule has 0 unspecified atom stereocenters. The van der Waals surface area contributed by atoms with Crippen molar-refractivity contribution in [2.45, 2.75) is 13.5 Å². The number of hydrogen-bond donors (Lipinski definition) is 2. The molecule has 146 valence electrons. The van der Waals surface area contributed by atoms with E-state index in [0.717, 1.165) is 16.9 Å². The highest BCUT2D eigenvalue weighted by atomic mass is 16.5. The molecule has 0 aliphatic heterocycles. The van der Waals surface area contributed by atoms with Crippen LogP contribution in [-0.2, 0) is 6.54 Å². The monoisotopic (exact) mass is 380 g/mol. The van der Waals surface area contributed by atoms with Crippen molar-refractivity contribution in [3.8, 4) is 17.2 Å². The summed E-state index contributed by atoms with van der Waals surface area (Å²) in [5.74, 6) is 2.89. The van der Waals surface area contributed by atoms with Gasteiger partial charge in [0.2, 0.25) is 11.7 Å². The number of aromatic nitrogens is 2. The minimum absolute atomic E-state index is 0.541. The molecule has 7 nitrogen and oxygen atoms in total. The van der Waals surface area contributed by atoms with Crippen molar-refractivity contribution >= 4 is 17.5 Å². The van der Waals surface area contributed by atoms with E-state index in [-0.39, 0.29) is 0 Å². The van der Waals surface area contributed by atoms with Gasteiger partial charge in [-0.2, -0.15) is 4.98 Å². The van der Waals surface area contributed by atoms with Crippen LogP contribution >= 0.6 is 0 Å². The van der Waals surface area contributed by atoms with E-state index in [9.17, 15) is 0 Å². The first-order valence-corrected chi connectivity index (χ1v) is 8.83. The van der Waals surface area contributed by atoms with Crippen LogP contribution in [0, 0.1) is 6.92 Å². The van der Waals surface area contributed by atoms with Gasteiger partial charge in [-0.3, -0.25) is 0 Å². The molecule has 3 rings (SSSR count). The number of benzene rings is 2. The van der Waals surface area contributed by atoms with Gasteiger partial charge in [-0.05, 0) is 12.5 Å². The third-order valence-electron chi connectivity index (χ3n) is 4.08. The van der Waals surface area contributed by atoms with Crippen molar-refractivity contribution in [1.82, 2.24) is 9.97 Å². The fourth-order valence-corrected chi connectivity index (χ4v) is 2.79. The molecule has 0 fully saturated rings. The lowest BCUT2D eigenvalue weighted by Gasteiger charge is -2.15. The summed E-state index contributed by atoms with van der Waals surface area (Å²) >= 11 is 0. The molecular weight excluding hydrogens is 356 g/mol. The molecule has 3 aromatic rings. The number of nitrogens with zero attached hydrogens (tertiary/aromatic N) is 2. The first-order valence-electron chi connectivity index (χ1n) is 8.83. The summed E-state index contributed by atoms with van der Waals surface area (Å²) in [5, 5.41) is 6.54. The standard InChI is InChI=1S/C21H24N4O3/c1-14-10-19(25-21(23-14)22-13-15-8-6-5-7-9-15)24-16-11-17(26-2)20(28-4)18(12-16)27-3/h5-12H,13H2,1-4H3,(H2,22,23,24,25). The van der Waals surface area contributed by atoms with Gasteiger partial charge >= 0.3 is 0 Å². The van der Waals surface area contributed by atoms with E-state index in [1.54, 1.807) is 21.3 Å². The summed E-state index contributed by atoms with van der Waals surface area (Å²) in [6, 6.07) is 15.6. The lowest BCUT2D eigenvalue weighted by molar-refractivity contribution is 0.324. The molecule has 7 heteroatoms. The Labute approximate surface area is 164 Å². The molecule has 2 aromatic carbocycles. The molecule has 0 aliphatic rings. The van der Waals surface area contributed by atoms with E-state index in [1.807, 2.05) is 43.3 Å². The number of rotatable bonds is 8. The van der Waals surface area contributed by atoms with Gasteiger partial charge in [0, 0.05) is 36.1 Å². The van der Waals surface area contributed by atoms with Crippen molar-refractivity contribution in [3.63, 3.8) is 0 Å². The van der Waals surface area contributed by atoms with Crippen LogP contribution in [0.15, 0.2) is 48.5 Å². The van der Waals surface area contributed by atoms with E-state index in [2.05, 4.69) is 32.7 Å². The van der Waals surface area contributed by atoms with E-state index < -0.39 is 0 Å². The van der Waals surface area contributed by atoms with Crippen molar-refractivity contribution in [2.75, 3.05) is 32.0 Å². The predicted octanol–water partition coefficient (Wildman–Crippen LogP) is 4.17. The highest BCUT2D eigenvalue weighted by Crippen LogP contribution is 2.40. The number of ether oxygens (including phenoxy) is 3. The molecule has 0 bridgehead atoms. The fourth-order valence-electron chi connectivity index (χ4n) is 2.79. The van der Waals surface area contributed by atoms with Gasteiger partial charge in [-0.15, -0.1) is 0 Å². The van der Waals surface area contributed by atoms with Crippen molar-refractivity contribution in [2.24, 2.45) is 0 Å². The van der Waals surface area contributed by atoms with Crippen LogP contribution < -0.4 is 24.8 Å². The molecule has 1 heterocycles. The molecule has 28 heavy (non-hydrogen) atoms. The Balaban J connectivity index is 1.81. The number of hydrogen-bond acceptors (Lipinski definition) is 7. The molecule has 2 N–H and O–H groups in total. The van der Waals surface area contributed by atoms with E-state index in [0.29, 0.717) is 35.6 Å². The largest absolute Gasteiger partial charge is 0.493 e. The normalized spacial score (nSPS) is 10.3. The minimum atomic E-state index is 0.541. The van der Waals surface area contributed by atoms with Crippen molar-refractivity contribution in [3.05, 3.63) is 59.8 Å².